The molecule has 0 unspecified atom stereocenters. The summed E-state index contributed by atoms with van der Waals surface area (Å²) in [5, 5.41) is 2.68. The Labute approximate surface area is 138 Å². The van der Waals surface area contributed by atoms with Crippen molar-refractivity contribution in [3.8, 4) is 0 Å². The van der Waals surface area contributed by atoms with Gasteiger partial charge < -0.3 is 15.0 Å². The summed E-state index contributed by atoms with van der Waals surface area (Å²) in [5.41, 5.74) is -0.564. The maximum absolute atomic E-state index is 12.1. The van der Waals surface area contributed by atoms with Gasteiger partial charge in [-0.1, -0.05) is 0 Å². The maximum atomic E-state index is 12.1. The van der Waals surface area contributed by atoms with Crippen molar-refractivity contribution in [2.45, 2.75) is 45.3 Å². The molecule has 0 aromatic heterocycles. The summed E-state index contributed by atoms with van der Waals surface area (Å²) in [7, 11) is -2.05. The van der Waals surface area contributed by atoms with E-state index in [4.69, 9.17) is 4.74 Å². The molecule has 134 valence electrons. The van der Waals surface area contributed by atoms with E-state index in [2.05, 4.69) is 5.32 Å². The number of sulfonamides is 1. The van der Waals surface area contributed by atoms with Gasteiger partial charge >= 0.3 is 6.09 Å². The van der Waals surface area contributed by atoms with Crippen LogP contribution < -0.4 is 5.32 Å². The van der Waals surface area contributed by atoms with E-state index >= 15 is 0 Å². The van der Waals surface area contributed by atoms with E-state index in [9.17, 15) is 18.0 Å². The van der Waals surface area contributed by atoms with Crippen LogP contribution in [0.2, 0.25) is 0 Å². The first kappa shape index (κ1) is 19.7. The van der Waals surface area contributed by atoms with Gasteiger partial charge in [0.25, 0.3) is 0 Å². The first-order chi connectivity index (χ1) is 10.4. The molecule has 0 bridgehead atoms. The number of likely N-dealkylation sites (N-methyl/N-ethyl adjacent to an activating group) is 1. The highest BCUT2D eigenvalue weighted by atomic mass is 32.2. The topological polar surface area (TPSA) is 96.0 Å². The number of hydrogen-bond acceptors (Lipinski definition) is 5. The fourth-order valence-electron chi connectivity index (χ4n) is 2.22. The second kappa shape index (κ2) is 7.48. The van der Waals surface area contributed by atoms with Gasteiger partial charge in [-0.3, -0.25) is 4.79 Å². The average Bonchev–Trinajstić information content (AvgIpc) is 2.81. The molecule has 2 amide bonds. The summed E-state index contributed by atoms with van der Waals surface area (Å²) in [5.74, 6) is -0.394. The lowest BCUT2D eigenvalue weighted by Crippen LogP contribution is -2.47. The number of carbonyl (C=O) groups excluding carboxylic acids is 2. The average molecular weight is 349 g/mol. The molecule has 0 aliphatic carbocycles. The molecular formula is C14H27N3O5S. The predicted molar refractivity (Wildman–Crippen MR) is 86.4 cm³/mol. The van der Waals surface area contributed by atoms with E-state index < -0.39 is 21.5 Å². The zero-order valence-corrected chi connectivity index (χ0v) is 15.3. The molecule has 1 atom stereocenters. The van der Waals surface area contributed by atoms with Gasteiger partial charge in [0.1, 0.15) is 5.60 Å². The summed E-state index contributed by atoms with van der Waals surface area (Å²) in [4.78, 5) is 25.6. The van der Waals surface area contributed by atoms with Gasteiger partial charge in [-0.25, -0.2) is 13.2 Å². The second-order valence-corrected chi connectivity index (χ2v) is 8.88. The van der Waals surface area contributed by atoms with Crippen LogP contribution >= 0.6 is 0 Å². The van der Waals surface area contributed by atoms with E-state index in [0.29, 0.717) is 6.54 Å². The molecule has 23 heavy (non-hydrogen) atoms. The third-order valence-corrected chi connectivity index (χ3v) is 4.73. The van der Waals surface area contributed by atoms with Crippen molar-refractivity contribution in [3.05, 3.63) is 0 Å². The van der Waals surface area contributed by atoms with Crippen LogP contribution in [0.1, 0.15) is 33.6 Å². The van der Waals surface area contributed by atoms with Gasteiger partial charge in [0.2, 0.25) is 15.9 Å². The Morgan fingerprint density at radius 3 is 2.48 bits per heavy atom. The Kier molecular flexibility index (Phi) is 6.41. The molecule has 1 saturated heterocycles. The Morgan fingerprint density at radius 1 is 1.35 bits per heavy atom. The highest BCUT2D eigenvalue weighted by Gasteiger charge is 2.32. The number of nitrogens with one attached hydrogen (secondary N) is 1. The molecular weight excluding hydrogens is 322 g/mol. The van der Waals surface area contributed by atoms with Crippen LogP contribution in [0.25, 0.3) is 0 Å². The third-order valence-electron chi connectivity index (χ3n) is 3.47. The number of amides is 2. The minimum atomic E-state index is -3.39. The van der Waals surface area contributed by atoms with E-state index in [1.165, 1.54) is 7.05 Å². The van der Waals surface area contributed by atoms with Crippen molar-refractivity contribution in [1.29, 1.82) is 0 Å². The largest absolute Gasteiger partial charge is 0.444 e. The molecule has 0 saturated carbocycles. The van der Waals surface area contributed by atoms with Crippen LogP contribution in [0, 0.1) is 0 Å². The second-order valence-electron chi connectivity index (χ2n) is 6.79. The standard InChI is InChI=1S/C14H27N3O5S/c1-14(2,3)22-13(19)17-8-6-7-11(17)9-15-12(18)10-16(4)23(5,20)21/h11H,6-10H2,1-5H3,(H,15,18)/t11-/m1/s1. The lowest BCUT2D eigenvalue weighted by atomic mass is 10.2. The number of likely N-dealkylation sites (tertiary alicyclic amines) is 1. The van der Waals surface area contributed by atoms with Crippen molar-refractivity contribution in [3.63, 3.8) is 0 Å². The Hall–Kier alpha value is -1.35. The van der Waals surface area contributed by atoms with E-state index in [1.807, 2.05) is 0 Å². The molecule has 1 aliphatic rings. The molecule has 1 heterocycles. The molecule has 1 fully saturated rings. The van der Waals surface area contributed by atoms with Crippen LogP contribution in [-0.2, 0) is 19.6 Å². The zero-order chi connectivity index (χ0) is 17.8. The van der Waals surface area contributed by atoms with Crippen molar-refractivity contribution >= 4 is 22.0 Å². The predicted octanol–water partition coefficient (Wildman–Crippen LogP) is 0.394. The van der Waals surface area contributed by atoms with Gasteiger partial charge in [-0.15, -0.1) is 0 Å². The molecule has 1 N–H and O–H groups in total. The third kappa shape index (κ3) is 6.74. The smallest absolute Gasteiger partial charge is 0.410 e. The molecule has 1 aliphatic heterocycles. The minimum absolute atomic E-state index is 0.127. The lowest BCUT2D eigenvalue weighted by Gasteiger charge is -2.28. The molecule has 9 heteroatoms. The molecule has 1 rings (SSSR count). The quantitative estimate of drug-likeness (QED) is 0.775. The zero-order valence-electron chi connectivity index (χ0n) is 14.5. The SMILES string of the molecule is CN(CC(=O)NC[C@H]1CCCN1C(=O)OC(C)(C)C)S(C)(=O)=O. The van der Waals surface area contributed by atoms with Gasteiger partial charge in [0, 0.05) is 20.1 Å². The van der Waals surface area contributed by atoms with Crippen molar-refractivity contribution < 1.29 is 22.7 Å². The van der Waals surface area contributed by atoms with Crippen LogP contribution in [0.3, 0.4) is 0 Å². The number of nitrogens with zero attached hydrogens (tertiary/aromatic N) is 2. The molecule has 0 aromatic rings. The summed E-state index contributed by atoms with van der Waals surface area (Å²) in [6, 6.07) is -0.127. The normalized spacial score (nSPS) is 19.0. The maximum Gasteiger partial charge on any atom is 0.410 e. The number of ether oxygens (including phenoxy) is 1. The van der Waals surface area contributed by atoms with Gasteiger partial charge in [-0.2, -0.15) is 4.31 Å². The minimum Gasteiger partial charge on any atom is -0.444 e. The van der Waals surface area contributed by atoms with Crippen LogP contribution in [0.15, 0.2) is 0 Å². The first-order valence-corrected chi connectivity index (χ1v) is 9.42. The van der Waals surface area contributed by atoms with Crippen LogP contribution in [0.5, 0.6) is 0 Å². The fraction of sp³-hybridized carbons (Fsp3) is 0.857. The number of rotatable bonds is 5. The van der Waals surface area contributed by atoms with Crippen LogP contribution in [0.4, 0.5) is 4.79 Å². The summed E-state index contributed by atoms with van der Waals surface area (Å²) in [6.45, 7) is 6.06. The highest BCUT2D eigenvalue weighted by molar-refractivity contribution is 7.88. The lowest BCUT2D eigenvalue weighted by molar-refractivity contribution is -0.121. The van der Waals surface area contributed by atoms with E-state index in [-0.39, 0.29) is 25.2 Å². The van der Waals surface area contributed by atoms with Gasteiger partial charge in [-0.05, 0) is 33.6 Å². The van der Waals surface area contributed by atoms with Crippen molar-refractivity contribution in [2.75, 3.05) is 32.9 Å². The van der Waals surface area contributed by atoms with Crippen LogP contribution in [-0.4, -0.2) is 74.2 Å². The number of hydrogen-bond donors (Lipinski definition) is 1. The van der Waals surface area contributed by atoms with E-state index in [1.54, 1.807) is 25.7 Å². The Morgan fingerprint density at radius 2 is 1.96 bits per heavy atom. The van der Waals surface area contributed by atoms with Gasteiger partial charge in [0.05, 0.1) is 18.8 Å². The molecule has 0 aromatic carbocycles. The molecule has 0 spiro atoms. The number of carbonyl (C=O) groups is 2. The van der Waals surface area contributed by atoms with Crippen molar-refractivity contribution in [1.82, 2.24) is 14.5 Å². The van der Waals surface area contributed by atoms with Crippen molar-refractivity contribution in [2.24, 2.45) is 0 Å². The molecule has 0 radical (unpaired) electrons. The summed E-state index contributed by atoms with van der Waals surface area (Å²) >= 11 is 0. The fourth-order valence-corrected chi connectivity index (χ4v) is 2.57. The highest BCUT2D eigenvalue weighted by Crippen LogP contribution is 2.20. The van der Waals surface area contributed by atoms with E-state index in [0.717, 1.165) is 23.4 Å². The Balaban J connectivity index is 2.50. The summed E-state index contributed by atoms with van der Waals surface area (Å²) < 4.78 is 28.9. The monoisotopic (exact) mass is 349 g/mol. The molecule has 8 nitrogen and oxygen atoms in total. The summed E-state index contributed by atoms with van der Waals surface area (Å²) in [6.07, 6.45) is 2.29. The Bertz CT molecular complexity index is 541. The first-order valence-electron chi connectivity index (χ1n) is 7.58. The van der Waals surface area contributed by atoms with Gasteiger partial charge in [0.15, 0.2) is 0 Å².